The van der Waals surface area contributed by atoms with Crippen LogP contribution in [0.4, 0.5) is 0 Å². The normalized spacial score (nSPS) is 12.5. The maximum absolute atomic E-state index is 12.2. The fraction of sp³-hybridized carbons (Fsp3) is 0.885. The Kier molecular flexibility index (Phi) is 26.3. The Bertz CT molecular complexity index is 537. The van der Waals surface area contributed by atoms with Gasteiger partial charge in [-0.3, -0.25) is 9.59 Å². The lowest BCUT2D eigenvalue weighted by molar-refractivity contribution is -0.142. The highest BCUT2D eigenvalue weighted by molar-refractivity contribution is 5.87. The molecule has 8 nitrogen and oxygen atoms in total. The summed E-state index contributed by atoms with van der Waals surface area (Å²) in [4.78, 5) is 34.3. The van der Waals surface area contributed by atoms with E-state index in [9.17, 15) is 24.6 Å². The molecule has 6 N–H and O–H groups in total. The zero-order valence-electron chi connectivity index (χ0n) is 21.9. The molecule has 0 aliphatic carbocycles. The third-order valence-corrected chi connectivity index (χ3v) is 6.21. The highest BCUT2D eigenvalue weighted by Gasteiger charge is 2.24. The molecule has 2 atom stereocenters. The standard InChI is InChI=1S/C26H51N3O5.ClH/c1-2-3-4-5-6-7-8-9-10-11-12-13-14-15-16-17-20-28-23(21-30)25(32)29-22(26(33)34)18-19-24(27)31;/h22-23,28,30H,2-21H2,1H3,(H2,27,31)(H,29,32)(H,33,34);1H/t22-,23+;/m1./s1. The van der Waals surface area contributed by atoms with Crippen LogP contribution in [0.25, 0.3) is 0 Å². The summed E-state index contributed by atoms with van der Waals surface area (Å²) in [5.41, 5.74) is 5.04. The number of carbonyl (C=O) groups excluding carboxylic acids is 2. The van der Waals surface area contributed by atoms with Crippen molar-refractivity contribution in [3.63, 3.8) is 0 Å². The monoisotopic (exact) mass is 521 g/mol. The second-order valence-electron chi connectivity index (χ2n) is 9.40. The summed E-state index contributed by atoms with van der Waals surface area (Å²) in [5.74, 6) is -2.44. The summed E-state index contributed by atoms with van der Waals surface area (Å²) >= 11 is 0. The van der Waals surface area contributed by atoms with Crippen molar-refractivity contribution in [2.45, 2.75) is 135 Å². The van der Waals surface area contributed by atoms with Crippen LogP contribution in [-0.2, 0) is 14.4 Å². The van der Waals surface area contributed by atoms with Crippen LogP contribution >= 0.6 is 12.4 Å². The number of aliphatic carboxylic acids is 1. The van der Waals surface area contributed by atoms with Crippen LogP contribution in [0.15, 0.2) is 0 Å². The Balaban J connectivity index is 0. The van der Waals surface area contributed by atoms with Crippen LogP contribution in [0.3, 0.4) is 0 Å². The first kappa shape index (κ1) is 35.8. The Hall–Kier alpha value is -1.38. The Labute approximate surface area is 219 Å². The number of nitrogens with one attached hydrogen (secondary N) is 2. The van der Waals surface area contributed by atoms with Gasteiger partial charge in [-0.05, 0) is 19.4 Å². The molecule has 9 heteroatoms. The van der Waals surface area contributed by atoms with Crippen molar-refractivity contribution in [1.29, 1.82) is 0 Å². The first-order valence-corrected chi connectivity index (χ1v) is 13.6. The van der Waals surface area contributed by atoms with Gasteiger partial charge >= 0.3 is 5.97 Å². The number of primary amides is 1. The molecule has 0 unspecified atom stereocenters. The number of nitrogens with two attached hydrogens (primary N) is 1. The summed E-state index contributed by atoms with van der Waals surface area (Å²) in [6, 6.07) is -2.07. The minimum Gasteiger partial charge on any atom is -0.480 e. The van der Waals surface area contributed by atoms with E-state index in [1.165, 1.54) is 83.5 Å². The fourth-order valence-corrected chi connectivity index (χ4v) is 4.01. The lowest BCUT2D eigenvalue weighted by Gasteiger charge is -2.19. The molecule has 35 heavy (non-hydrogen) atoms. The molecule has 0 heterocycles. The van der Waals surface area contributed by atoms with E-state index in [-0.39, 0.29) is 25.2 Å². The van der Waals surface area contributed by atoms with Crippen LogP contribution in [0.5, 0.6) is 0 Å². The topological polar surface area (TPSA) is 142 Å². The number of carboxylic acid groups (broad SMARTS) is 1. The highest BCUT2D eigenvalue weighted by Crippen LogP contribution is 2.13. The van der Waals surface area contributed by atoms with Gasteiger partial charge in [0.05, 0.1) is 6.61 Å². The van der Waals surface area contributed by atoms with Crippen molar-refractivity contribution in [1.82, 2.24) is 10.6 Å². The van der Waals surface area contributed by atoms with Gasteiger partial charge in [-0.15, -0.1) is 12.4 Å². The quantitative estimate of drug-likeness (QED) is 0.112. The first-order chi connectivity index (χ1) is 16.4. The lowest BCUT2D eigenvalue weighted by Crippen LogP contribution is -2.52. The molecule has 208 valence electrons. The molecule has 0 bridgehead atoms. The third-order valence-electron chi connectivity index (χ3n) is 6.21. The van der Waals surface area contributed by atoms with E-state index in [2.05, 4.69) is 17.6 Å². The van der Waals surface area contributed by atoms with Crippen molar-refractivity contribution < 1.29 is 24.6 Å². The van der Waals surface area contributed by atoms with Gasteiger partial charge in [0.15, 0.2) is 0 Å². The maximum Gasteiger partial charge on any atom is 0.326 e. The summed E-state index contributed by atoms with van der Waals surface area (Å²) in [7, 11) is 0. The fourth-order valence-electron chi connectivity index (χ4n) is 4.01. The SMILES string of the molecule is CCCCCCCCCCCCCCCCCCN[C@@H](CO)C(=O)N[C@H](CCC(N)=O)C(=O)O.Cl. The molecule has 0 aliphatic heterocycles. The van der Waals surface area contributed by atoms with E-state index >= 15 is 0 Å². The summed E-state index contributed by atoms with van der Waals surface area (Å²) in [6.07, 6.45) is 20.5. The molecule has 0 fully saturated rings. The number of unbranched alkanes of at least 4 members (excludes halogenated alkanes) is 15. The smallest absolute Gasteiger partial charge is 0.326 e. The van der Waals surface area contributed by atoms with Crippen LogP contribution in [0.2, 0.25) is 0 Å². The lowest BCUT2D eigenvalue weighted by atomic mass is 10.0. The van der Waals surface area contributed by atoms with Crippen molar-refractivity contribution in [3.05, 3.63) is 0 Å². The van der Waals surface area contributed by atoms with E-state index in [0.717, 1.165) is 19.3 Å². The number of carbonyl (C=O) groups is 3. The highest BCUT2D eigenvalue weighted by atomic mass is 35.5. The van der Waals surface area contributed by atoms with Gasteiger partial charge in [-0.1, -0.05) is 103 Å². The van der Waals surface area contributed by atoms with E-state index < -0.39 is 36.5 Å². The Morgan fingerprint density at radius 3 is 1.54 bits per heavy atom. The minimum atomic E-state index is -1.23. The van der Waals surface area contributed by atoms with Gasteiger partial charge in [0.25, 0.3) is 0 Å². The maximum atomic E-state index is 12.2. The van der Waals surface area contributed by atoms with E-state index in [1.54, 1.807) is 0 Å². The molecule has 0 aliphatic rings. The van der Waals surface area contributed by atoms with E-state index in [0.29, 0.717) is 6.54 Å². The molecule has 2 amide bonds. The van der Waals surface area contributed by atoms with Crippen molar-refractivity contribution in [3.8, 4) is 0 Å². The summed E-state index contributed by atoms with van der Waals surface area (Å²) in [6.45, 7) is 2.41. The van der Waals surface area contributed by atoms with Crippen LogP contribution in [0.1, 0.15) is 122 Å². The number of hydrogen-bond donors (Lipinski definition) is 5. The van der Waals surface area contributed by atoms with E-state index in [4.69, 9.17) is 5.73 Å². The van der Waals surface area contributed by atoms with Gasteiger partial charge in [0, 0.05) is 6.42 Å². The van der Waals surface area contributed by atoms with Gasteiger partial charge < -0.3 is 26.6 Å². The number of amides is 2. The number of halogens is 1. The molecule has 0 saturated carbocycles. The molecular formula is C26H52ClN3O5. The molecule has 0 spiro atoms. The molecule has 0 saturated heterocycles. The summed E-state index contributed by atoms with van der Waals surface area (Å²) < 4.78 is 0. The van der Waals surface area contributed by atoms with Gasteiger partial charge in [-0.2, -0.15) is 0 Å². The average molecular weight is 522 g/mol. The molecular weight excluding hydrogens is 470 g/mol. The van der Waals surface area contributed by atoms with E-state index in [1.807, 2.05) is 0 Å². The number of aliphatic hydroxyl groups is 1. The first-order valence-electron chi connectivity index (χ1n) is 13.6. The minimum absolute atomic E-state index is 0. The number of aliphatic hydroxyl groups excluding tert-OH is 1. The second kappa shape index (κ2) is 25.7. The largest absolute Gasteiger partial charge is 0.480 e. The predicted octanol–water partition coefficient (Wildman–Crippen LogP) is 4.46. The third kappa shape index (κ3) is 22.8. The number of rotatable bonds is 25. The second-order valence-corrected chi connectivity index (χ2v) is 9.40. The predicted molar refractivity (Wildman–Crippen MR) is 144 cm³/mol. The molecule has 0 aromatic carbocycles. The van der Waals surface area contributed by atoms with Crippen molar-refractivity contribution in [2.24, 2.45) is 5.73 Å². The van der Waals surface area contributed by atoms with Gasteiger partial charge in [0.2, 0.25) is 11.8 Å². The zero-order valence-corrected chi connectivity index (χ0v) is 22.7. The molecule has 0 aromatic heterocycles. The molecule has 0 aromatic rings. The van der Waals surface area contributed by atoms with Crippen molar-refractivity contribution in [2.75, 3.05) is 13.2 Å². The van der Waals surface area contributed by atoms with Gasteiger partial charge in [-0.25, -0.2) is 4.79 Å². The zero-order chi connectivity index (χ0) is 25.4. The summed E-state index contributed by atoms with van der Waals surface area (Å²) in [5, 5.41) is 24.0. The number of hydrogen-bond acceptors (Lipinski definition) is 5. The van der Waals surface area contributed by atoms with Crippen LogP contribution in [0, 0.1) is 0 Å². The van der Waals surface area contributed by atoms with Gasteiger partial charge in [0.1, 0.15) is 12.1 Å². The average Bonchev–Trinajstić information content (AvgIpc) is 2.80. The molecule has 0 rings (SSSR count). The molecule has 0 radical (unpaired) electrons. The van der Waals surface area contributed by atoms with Crippen LogP contribution < -0.4 is 16.4 Å². The number of carboxylic acids is 1. The van der Waals surface area contributed by atoms with Crippen LogP contribution in [-0.4, -0.2) is 53.2 Å². The Morgan fingerprint density at radius 2 is 1.17 bits per heavy atom. The van der Waals surface area contributed by atoms with Crippen molar-refractivity contribution >= 4 is 30.2 Å². The Morgan fingerprint density at radius 1 is 0.743 bits per heavy atom.